The molecule has 1 fully saturated rings. The van der Waals surface area contributed by atoms with Gasteiger partial charge in [0, 0.05) is 13.1 Å². The third-order valence-electron chi connectivity index (χ3n) is 3.78. The number of thioether (sulfide) groups is 1. The maximum Gasteiger partial charge on any atom is 0.240 e. The van der Waals surface area contributed by atoms with Crippen LogP contribution in [-0.4, -0.2) is 47.5 Å². The number of rotatable bonds is 7. The minimum atomic E-state index is 0. The molecule has 5 nitrogen and oxygen atoms in total. The summed E-state index contributed by atoms with van der Waals surface area (Å²) in [7, 11) is 2.12. The van der Waals surface area contributed by atoms with Gasteiger partial charge in [-0.2, -0.15) is 16.7 Å². The molecule has 1 saturated heterocycles. The summed E-state index contributed by atoms with van der Waals surface area (Å²) in [6.07, 6.45) is 1.23. The van der Waals surface area contributed by atoms with Crippen LogP contribution in [0.25, 0.3) is 0 Å². The van der Waals surface area contributed by atoms with Gasteiger partial charge in [0.15, 0.2) is 5.82 Å². The average molecular weight is 335 g/mol. The molecule has 2 rings (SSSR count). The summed E-state index contributed by atoms with van der Waals surface area (Å²) < 4.78 is 5.37. The van der Waals surface area contributed by atoms with Crippen molar-refractivity contribution >= 4 is 24.2 Å². The summed E-state index contributed by atoms with van der Waals surface area (Å²) in [6.45, 7) is 10.6. The van der Waals surface area contributed by atoms with Gasteiger partial charge in [0.2, 0.25) is 5.89 Å². The number of hydrogen-bond acceptors (Lipinski definition) is 6. The lowest BCUT2D eigenvalue weighted by Crippen LogP contribution is -2.34. The molecule has 1 aromatic heterocycles. The van der Waals surface area contributed by atoms with E-state index < -0.39 is 0 Å². The molecular formula is C14H27ClN4OS. The highest BCUT2D eigenvalue weighted by Crippen LogP contribution is 2.27. The summed E-state index contributed by atoms with van der Waals surface area (Å²) in [4.78, 5) is 6.79. The summed E-state index contributed by atoms with van der Waals surface area (Å²) in [5, 5.41) is 7.83. The molecule has 0 amide bonds. The molecule has 7 heteroatoms. The van der Waals surface area contributed by atoms with Crippen molar-refractivity contribution in [3.8, 4) is 0 Å². The number of hydrogen-bond donors (Lipinski definition) is 1. The Bertz CT molecular complexity index is 423. The fourth-order valence-electron chi connectivity index (χ4n) is 2.76. The molecule has 0 bridgehead atoms. The van der Waals surface area contributed by atoms with Gasteiger partial charge in [-0.05, 0) is 38.1 Å². The summed E-state index contributed by atoms with van der Waals surface area (Å²) >= 11 is 1.84. The zero-order chi connectivity index (χ0) is 14.6. The average Bonchev–Trinajstić information content (AvgIpc) is 2.99. The second-order valence-corrected chi connectivity index (χ2v) is 7.67. The monoisotopic (exact) mass is 334 g/mol. The molecule has 122 valence electrons. The Morgan fingerprint density at radius 1 is 1.52 bits per heavy atom. The first kappa shape index (κ1) is 18.7. The van der Waals surface area contributed by atoms with Gasteiger partial charge in [-0.1, -0.05) is 19.0 Å². The van der Waals surface area contributed by atoms with Crippen LogP contribution < -0.4 is 5.32 Å². The fourth-order valence-corrected chi connectivity index (χ4v) is 3.51. The number of nitrogens with one attached hydrogen (secondary N) is 1. The van der Waals surface area contributed by atoms with Gasteiger partial charge in [-0.3, -0.25) is 4.90 Å². The highest BCUT2D eigenvalue weighted by Gasteiger charge is 2.30. The van der Waals surface area contributed by atoms with Crippen LogP contribution in [-0.2, 0) is 6.54 Å². The Morgan fingerprint density at radius 3 is 2.90 bits per heavy atom. The van der Waals surface area contributed by atoms with E-state index in [2.05, 4.69) is 48.2 Å². The molecule has 2 unspecified atom stereocenters. The third kappa shape index (κ3) is 5.43. The van der Waals surface area contributed by atoms with Crippen molar-refractivity contribution < 1.29 is 4.52 Å². The molecule has 1 aliphatic heterocycles. The van der Waals surface area contributed by atoms with Gasteiger partial charge >= 0.3 is 0 Å². The molecule has 0 radical (unpaired) electrons. The molecule has 0 saturated carbocycles. The summed E-state index contributed by atoms with van der Waals surface area (Å²) in [6, 6.07) is 0. The van der Waals surface area contributed by atoms with Crippen LogP contribution >= 0.6 is 24.2 Å². The standard InChI is InChI=1S/C14H26N4OS.ClH/c1-5-20-11(2)13-16-12(19-17-13)8-18(4)10-14(3)6-7-15-9-14;/h11,15H,5-10H2,1-4H3;1H. The maximum absolute atomic E-state index is 5.37. The van der Waals surface area contributed by atoms with E-state index in [1.165, 1.54) is 6.42 Å². The molecule has 2 heterocycles. The van der Waals surface area contributed by atoms with E-state index in [9.17, 15) is 0 Å². The maximum atomic E-state index is 5.37. The Balaban J connectivity index is 0.00000220. The van der Waals surface area contributed by atoms with Gasteiger partial charge in [0.05, 0.1) is 11.8 Å². The normalized spacial score (nSPS) is 23.3. The van der Waals surface area contributed by atoms with E-state index in [4.69, 9.17) is 4.52 Å². The molecule has 0 aliphatic carbocycles. The minimum absolute atomic E-state index is 0. The first-order valence-electron chi connectivity index (χ1n) is 7.36. The Morgan fingerprint density at radius 2 is 2.29 bits per heavy atom. The minimum Gasteiger partial charge on any atom is -0.338 e. The van der Waals surface area contributed by atoms with Crippen molar-refractivity contribution in [3.63, 3.8) is 0 Å². The van der Waals surface area contributed by atoms with Gasteiger partial charge in [0.1, 0.15) is 0 Å². The predicted molar refractivity (Wildman–Crippen MR) is 90.0 cm³/mol. The molecule has 0 aromatic carbocycles. The molecule has 1 N–H and O–H groups in total. The van der Waals surface area contributed by atoms with Crippen molar-refractivity contribution in [2.75, 3.05) is 32.4 Å². The summed E-state index contributed by atoms with van der Waals surface area (Å²) in [5.74, 6) is 2.60. The van der Waals surface area contributed by atoms with Crippen LogP contribution in [0.15, 0.2) is 4.52 Å². The van der Waals surface area contributed by atoms with Crippen LogP contribution in [0.3, 0.4) is 0 Å². The lowest BCUT2D eigenvalue weighted by molar-refractivity contribution is 0.184. The highest BCUT2D eigenvalue weighted by atomic mass is 35.5. The van der Waals surface area contributed by atoms with Gasteiger partial charge in [-0.25, -0.2) is 0 Å². The van der Waals surface area contributed by atoms with Crippen LogP contribution in [0.2, 0.25) is 0 Å². The van der Waals surface area contributed by atoms with Crippen LogP contribution in [0.5, 0.6) is 0 Å². The van der Waals surface area contributed by atoms with E-state index in [-0.39, 0.29) is 12.4 Å². The molecule has 21 heavy (non-hydrogen) atoms. The molecular weight excluding hydrogens is 308 g/mol. The van der Waals surface area contributed by atoms with Crippen LogP contribution in [0.4, 0.5) is 0 Å². The summed E-state index contributed by atoms with van der Waals surface area (Å²) in [5.41, 5.74) is 0.364. The molecule has 1 aliphatic rings. The van der Waals surface area contributed by atoms with Gasteiger partial charge in [-0.15, -0.1) is 12.4 Å². The first-order chi connectivity index (χ1) is 9.52. The van der Waals surface area contributed by atoms with E-state index in [0.717, 1.165) is 43.6 Å². The van der Waals surface area contributed by atoms with Crippen molar-refractivity contribution in [3.05, 3.63) is 11.7 Å². The fraction of sp³-hybridized carbons (Fsp3) is 0.857. The second-order valence-electron chi connectivity index (χ2n) is 6.05. The largest absolute Gasteiger partial charge is 0.338 e. The first-order valence-corrected chi connectivity index (χ1v) is 8.40. The highest BCUT2D eigenvalue weighted by molar-refractivity contribution is 7.99. The lowest BCUT2D eigenvalue weighted by atomic mass is 9.89. The Kier molecular flexibility index (Phi) is 7.47. The lowest BCUT2D eigenvalue weighted by Gasteiger charge is -2.28. The zero-order valence-corrected chi connectivity index (χ0v) is 15.0. The predicted octanol–water partition coefficient (Wildman–Crippen LogP) is 2.74. The van der Waals surface area contributed by atoms with E-state index in [0.29, 0.717) is 10.7 Å². The van der Waals surface area contributed by atoms with E-state index in [1.807, 2.05) is 11.8 Å². The number of aromatic nitrogens is 2. The third-order valence-corrected chi connectivity index (χ3v) is 4.82. The van der Waals surface area contributed by atoms with Gasteiger partial charge < -0.3 is 9.84 Å². The van der Waals surface area contributed by atoms with Crippen molar-refractivity contribution in [2.24, 2.45) is 5.41 Å². The number of nitrogens with zero attached hydrogens (tertiary/aromatic N) is 3. The van der Waals surface area contributed by atoms with Crippen LogP contribution in [0.1, 0.15) is 44.2 Å². The van der Waals surface area contributed by atoms with Crippen LogP contribution in [0, 0.1) is 5.41 Å². The van der Waals surface area contributed by atoms with E-state index >= 15 is 0 Å². The topological polar surface area (TPSA) is 54.2 Å². The number of halogens is 1. The second kappa shape index (κ2) is 8.36. The zero-order valence-electron chi connectivity index (χ0n) is 13.4. The molecule has 1 aromatic rings. The molecule has 0 spiro atoms. The Labute approximate surface area is 138 Å². The van der Waals surface area contributed by atoms with Gasteiger partial charge in [0.25, 0.3) is 0 Å². The van der Waals surface area contributed by atoms with E-state index in [1.54, 1.807) is 0 Å². The smallest absolute Gasteiger partial charge is 0.240 e. The van der Waals surface area contributed by atoms with Crippen molar-refractivity contribution in [2.45, 2.75) is 39.0 Å². The molecule has 2 atom stereocenters. The van der Waals surface area contributed by atoms with Crippen molar-refractivity contribution in [1.82, 2.24) is 20.4 Å². The van der Waals surface area contributed by atoms with Crippen molar-refractivity contribution in [1.29, 1.82) is 0 Å². The SMILES string of the molecule is CCSC(C)c1noc(CN(C)CC2(C)CCNC2)n1.Cl. The quantitative estimate of drug-likeness (QED) is 0.827. The Hall–Kier alpha value is -0.300.